The monoisotopic (exact) mass is 310 g/mol. The van der Waals surface area contributed by atoms with Crippen molar-refractivity contribution in [1.29, 1.82) is 0 Å². The third-order valence-electron chi connectivity index (χ3n) is 4.49. The topological polar surface area (TPSA) is 24.5 Å². The standard InChI is InChI=1S/C20H26N2O/c1-2-20(22-14-12-21-13-15-22)18-8-10-19(11-9-18)23-16-17-6-4-3-5-7-17/h3-11,20-21H,2,12-16H2,1H3/t20-/m0/s1. The number of piperazine rings is 1. The largest absolute Gasteiger partial charge is 0.489 e. The Hall–Kier alpha value is -1.84. The summed E-state index contributed by atoms with van der Waals surface area (Å²) in [6, 6.07) is 19.4. The van der Waals surface area contributed by atoms with E-state index < -0.39 is 0 Å². The molecule has 0 unspecified atom stereocenters. The summed E-state index contributed by atoms with van der Waals surface area (Å²) in [6.07, 6.45) is 1.14. The van der Waals surface area contributed by atoms with Crippen molar-refractivity contribution in [2.75, 3.05) is 26.2 Å². The Labute approximate surface area is 139 Å². The highest BCUT2D eigenvalue weighted by atomic mass is 16.5. The fourth-order valence-electron chi connectivity index (χ4n) is 3.23. The third-order valence-corrected chi connectivity index (χ3v) is 4.49. The molecule has 1 aliphatic heterocycles. The highest BCUT2D eigenvalue weighted by Crippen LogP contribution is 2.26. The van der Waals surface area contributed by atoms with Gasteiger partial charge < -0.3 is 10.1 Å². The van der Waals surface area contributed by atoms with E-state index in [-0.39, 0.29) is 0 Å². The van der Waals surface area contributed by atoms with Crippen molar-refractivity contribution in [3.8, 4) is 5.75 Å². The van der Waals surface area contributed by atoms with Crippen molar-refractivity contribution in [3.05, 3.63) is 65.7 Å². The van der Waals surface area contributed by atoms with Crippen LogP contribution in [0.3, 0.4) is 0 Å². The van der Waals surface area contributed by atoms with Crippen molar-refractivity contribution in [3.63, 3.8) is 0 Å². The highest BCUT2D eigenvalue weighted by molar-refractivity contribution is 5.29. The van der Waals surface area contributed by atoms with Gasteiger partial charge in [-0.25, -0.2) is 0 Å². The maximum Gasteiger partial charge on any atom is 0.119 e. The van der Waals surface area contributed by atoms with Crippen LogP contribution in [0.2, 0.25) is 0 Å². The molecule has 1 saturated heterocycles. The second-order valence-electron chi connectivity index (χ2n) is 6.05. The number of nitrogens with one attached hydrogen (secondary N) is 1. The molecule has 3 rings (SSSR count). The van der Waals surface area contributed by atoms with E-state index >= 15 is 0 Å². The molecule has 0 saturated carbocycles. The Kier molecular flexibility index (Phi) is 5.67. The van der Waals surface area contributed by atoms with Gasteiger partial charge >= 0.3 is 0 Å². The third kappa shape index (κ3) is 4.34. The van der Waals surface area contributed by atoms with Crippen LogP contribution in [0, 0.1) is 0 Å². The summed E-state index contributed by atoms with van der Waals surface area (Å²) in [5.74, 6) is 0.938. The van der Waals surface area contributed by atoms with Gasteiger partial charge in [-0.3, -0.25) is 4.90 Å². The van der Waals surface area contributed by atoms with Gasteiger partial charge in [-0.1, -0.05) is 49.4 Å². The number of benzene rings is 2. The Morgan fingerprint density at radius 2 is 1.70 bits per heavy atom. The minimum atomic E-state index is 0.514. The van der Waals surface area contributed by atoms with Crippen LogP contribution in [0.4, 0.5) is 0 Å². The molecular formula is C20H26N2O. The van der Waals surface area contributed by atoms with Gasteiger partial charge in [0.2, 0.25) is 0 Å². The zero-order valence-electron chi connectivity index (χ0n) is 13.9. The molecule has 0 amide bonds. The minimum Gasteiger partial charge on any atom is -0.489 e. The number of hydrogen-bond donors (Lipinski definition) is 1. The van der Waals surface area contributed by atoms with Crippen molar-refractivity contribution in [2.45, 2.75) is 26.0 Å². The first-order valence-electron chi connectivity index (χ1n) is 8.58. The van der Waals surface area contributed by atoms with E-state index in [9.17, 15) is 0 Å². The van der Waals surface area contributed by atoms with Crippen molar-refractivity contribution >= 4 is 0 Å². The fourth-order valence-corrected chi connectivity index (χ4v) is 3.23. The van der Waals surface area contributed by atoms with Gasteiger partial charge in [-0.15, -0.1) is 0 Å². The zero-order valence-corrected chi connectivity index (χ0v) is 13.9. The summed E-state index contributed by atoms with van der Waals surface area (Å²) in [5, 5.41) is 3.42. The Morgan fingerprint density at radius 3 is 2.35 bits per heavy atom. The van der Waals surface area contributed by atoms with Gasteiger partial charge in [0.05, 0.1) is 0 Å². The van der Waals surface area contributed by atoms with Crippen LogP contribution in [0.1, 0.15) is 30.5 Å². The lowest BCUT2D eigenvalue weighted by Gasteiger charge is -2.34. The van der Waals surface area contributed by atoms with Gasteiger partial charge in [-0.05, 0) is 29.7 Å². The lowest BCUT2D eigenvalue weighted by Crippen LogP contribution is -2.45. The Bertz CT molecular complexity index is 576. The maximum absolute atomic E-state index is 5.88. The molecule has 122 valence electrons. The molecule has 0 aromatic heterocycles. The molecule has 1 aliphatic rings. The SMILES string of the molecule is CC[C@@H](c1ccc(OCc2ccccc2)cc1)N1CCNCC1. The molecule has 1 fully saturated rings. The predicted molar refractivity (Wildman–Crippen MR) is 94.7 cm³/mol. The highest BCUT2D eigenvalue weighted by Gasteiger charge is 2.20. The fraction of sp³-hybridized carbons (Fsp3) is 0.400. The molecular weight excluding hydrogens is 284 g/mol. The first kappa shape index (κ1) is 16.0. The molecule has 0 spiro atoms. The van der Waals surface area contributed by atoms with E-state index in [1.807, 2.05) is 18.2 Å². The van der Waals surface area contributed by atoms with Crippen LogP contribution in [0.15, 0.2) is 54.6 Å². The average Bonchev–Trinajstić information content (AvgIpc) is 2.63. The van der Waals surface area contributed by atoms with Crippen LogP contribution in [0.5, 0.6) is 5.75 Å². The quantitative estimate of drug-likeness (QED) is 0.882. The molecule has 3 nitrogen and oxygen atoms in total. The van der Waals surface area contributed by atoms with Crippen LogP contribution < -0.4 is 10.1 Å². The van der Waals surface area contributed by atoms with Crippen LogP contribution in [-0.2, 0) is 6.61 Å². The van der Waals surface area contributed by atoms with E-state index in [2.05, 4.69) is 53.5 Å². The summed E-state index contributed by atoms with van der Waals surface area (Å²) < 4.78 is 5.88. The van der Waals surface area contributed by atoms with Gasteiger partial charge in [-0.2, -0.15) is 0 Å². The number of hydrogen-bond acceptors (Lipinski definition) is 3. The van der Waals surface area contributed by atoms with E-state index in [0.717, 1.165) is 38.3 Å². The number of rotatable bonds is 6. The molecule has 1 N–H and O–H groups in total. The van der Waals surface area contributed by atoms with Gasteiger partial charge in [0.15, 0.2) is 0 Å². The first-order valence-corrected chi connectivity index (χ1v) is 8.58. The van der Waals surface area contributed by atoms with Crippen LogP contribution >= 0.6 is 0 Å². The Morgan fingerprint density at radius 1 is 1.00 bits per heavy atom. The van der Waals surface area contributed by atoms with E-state index in [1.54, 1.807) is 0 Å². The molecule has 23 heavy (non-hydrogen) atoms. The molecule has 2 aromatic carbocycles. The molecule has 1 atom stereocenters. The smallest absolute Gasteiger partial charge is 0.119 e. The van der Waals surface area contributed by atoms with E-state index in [0.29, 0.717) is 12.6 Å². The maximum atomic E-state index is 5.88. The lowest BCUT2D eigenvalue weighted by atomic mass is 10.0. The second kappa shape index (κ2) is 8.14. The summed E-state index contributed by atoms with van der Waals surface area (Å²) in [7, 11) is 0. The normalized spacial score (nSPS) is 16.9. The summed E-state index contributed by atoms with van der Waals surface area (Å²) in [4.78, 5) is 2.58. The molecule has 2 aromatic rings. The van der Waals surface area contributed by atoms with Crippen molar-refractivity contribution in [1.82, 2.24) is 10.2 Å². The molecule has 0 aliphatic carbocycles. The van der Waals surface area contributed by atoms with E-state index in [4.69, 9.17) is 4.74 Å². The molecule has 3 heteroatoms. The summed E-state index contributed by atoms with van der Waals surface area (Å²) in [5.41, 5.74) is 2.59. The Balaban J connectivity index is 1.61. The second-order valence-corrected chi connectivity index (χ2v) is 6.05. The van der Waals surface area contributed by atoms with Crippen molar-refractivity contribution < 1.29 is 4.74 Å². The summed E-state index contributed by atoms with van der Waals surface area (Å²) in [6.45, 7) is 7.33. The molecule has 0 radical (unpaired) electrons. The van der Waals surface area contributed by atoms with Gasteiger partial charge in [0.25, 0.3) is 0 Å². The zero-order chi connectivity index (χ0) is 15.9. The van der Waals surface area contributed by atoms with E-state index in [1.165, 1.54) is 11.1 Å². The van der Waals surface area contributed by atoms with Crippen LogP contribution in [0.25, 0.3) is 0 Å². The molecule has 1 heterocycles. The minimum absolute atomic E-state index is 0.514. The predicted octanol–water partition coefficient (Wildman–Crippen LogP) is 3.62. The number of nitrogens with zero attached hydrogens (tertiary/aromatic N) is 1. The van der Waals surface area contributed by atoms with Crippen molar-refractivity contribution in [2.24, 2.45) is 0 Å². The van der Waals surface area contributed by atoms with Gasteiger partial charge in [0.1, 0.15) is 12.4 Å². The molecule has 0 bridgehead atoms. The first-order chi connectivity index (χ1) is 11.4. The van der Waals surface area contributed by atoms with Gasteiger partial charge in [0, 0.05) is 32.2 Å². The van der Waals surface area contributed by atoms with Crippen LogP contribution in [-0.4, -0.2) is 31.1 Å². The number of ether oxygens (including phenoxy) is 1. The average molecular weight is 310 g/mol. The summed E-state index contributed by atoms with van der Waals surface area (Å²) >= 11 is 0. The lowest BCUT2D eigenvalue weighted by molar-refractivity contribution is 0.169.